The molecule has 1 atom stereocenters. The number of ether oxygens (including phenoxy) is 2. The van der Waals surface area contributed by atoms with Crippen LogP contribution in [0.2, 0.25) is 0 Å². The van der Waals surface area contributed by atoms with Gasteiger partial charge in [0.25, 0.3) is 5.91 Å². The fourth-order valence-corrected chi connectivity index (χ4v) is 1.95. The highest BCUT2D eigenvalue weighted by molar-refractivity contribution is 9.10. The first-order valence-corrected chi connectivity index (χ1v) is 6.37. The maximum absolute atomic E-state index is 11.9. The van der Waals surface area contributed by atoms with Gasteiger partial charge in [-0.2, -0.15) is 0 Å². The Bertz CT molecular complexity index is 496. The van der Waals surface area contributed by atoms with Crippen molar-refractivity contribution in [3.05, 3.63) is 22.2 Å². The van der Waals surface area contributed by atoms with Gasteiger partial charge in [0, 0.05) is 5.56 Å². The number of aliphatic hydroxyl groups excluding tert-OH is 1. The average molecular weight is 347 g/mol. The molecule has 1 aromatic carbocycles. The number of benzene rings is 1. The van der Waals surface area contributed by atoms with E-state index in [1.54, 1.807) is 0 Å². The molecule has 1 unspecified atom stereocenters. The van der Waals surface area contributed by atoms with Gasteiger partial charge in [0.2, 0.25) is 5.91 Å². The van der Waals surface area contributed by atoms with E-state index in [4.69, 9.17) is 15.2 Å². The van der Waals surface area contributed by atoms with Crippen LogP contribution in [0.3, 0.4) is 0 Å². The highest BCUT2D eigenvalue weighted by Gasteiger charge is 2.17. The number of amides is 2. The number of nitrogens with two attached hydrogens (primary N) is 1. The van der Waals surface area contributed by atoms with Crippen molar-refractivity contribution in [2.24, 2.45) is 5.73 Å². The van der Waals surface area contributed by atoms with Crippen LogP contribution in [-0.4, -0.2) is 43.8 Å². The van der Waals surface area contributed by atoms with E-state index in [1.807, 2.05) is 0 Å². The van der Waals surface area contributed by atoms with E-state index >= 15 is 0 Å². The SMILES string of the molecule is COc1cc(C(=O)NCC(O)C(N)=O)cc(OC)c1Br. The molecule has 0 aliphatic heterocycles. The Labute approximate surface area is 124 Å². The zero-order valence-corrected chi connectivity index (χ0v) is 12.6. The van der Waals surface area contributed by atoms with Crippen molar-refractivity contribution in [3.63, 3.8) is 0 Å². The number of halogens is 1. The van der Waals surface area contributed by atoms with Gasteiger partial charge in [-0.25, -0.2) is 0 Å². The summed E-state index contributed by atoms with van der Waals surface area (Å²) >= 11 is 3.28. The summed E-state index contributed by atoms with van der Waals surface area (Å²) in [5.41, 5.74) is 5.15. The Kier molecular flexibility index (Phi) is 5.78. The maximum atomic E-state index is 11.9. The van der Waals surface area contributed by atoms with Crippen molar-refractivity contribution in [2.75, 3.05) is 20.8 Å². The number of hydrogen-bond acceptors (Lipinski definition) is 5. The van der Waals surface area contributed by atoms with Gasteiger partial charge in [0.05, 0.1) is 20.8 Å². The topological polar surface area (TPSA) is 111 Å². The molecule has 0 aliphatic rings. The molecule has 0 radical (unpaired) electrons. The fourth-order valence-electron chi connectivity index (χ4n) is 1.39. The smallest absolute Gasteiger partial charge is 0.251 e. The standard InChI is InChI=1S/C12H15BrN2O5/c1-19-8-3-6(4-9(20-2)10(8)13)12(18)15-5-7(16)11(14)17/h3-4,7,16H,5H2,1-2H3,(H2,14,17)(H,15,18). The van der Waals surface area contributed by atoms with E-state index < -0.39 is 17.9 Å². The molecule has 0 spiro atoms. The summed E-state index contributed by atoms with van der Waals surface area (Å²) in [5, 5.41) is 11.6. The van der Waals surface area contributed by atoms with Crippen molar-refractivity contribution in [1.29, 1.82) is 0 Å². The van der Waals surface area contributed by atoms with Gasteiger partial charge in [0.1, 0.15) is 22.1 Å². The second-order valence-corrected chi connectivity index (χ2v) is 4.62. The molecule has 0 saturated carbocycles. The second-order valence-electron chi connectivity index (χ2n) is 3.82. The maximum Gasteiger partial charge on any atom is 0.251 e. The van der Waals surface area contributed by atoms with Crippen molar-refractivity contribution < 1.29 is 24.2 Å². The van der Waals surface area contributed by atoms with Crippen LogP contribution in [0, 0.1) is 0 Å². The van der Waals surface area contributed by atoms with Gasteiger partial charge >= 0.3 is 0 Å². The predicted molar refractivity (Wildman–Crippen MR) is 74.8 cm³/mol. The summed E-state index contributed by atoms with van der Waals surface area (Å²) in [6, 6.07) is 3.00. The van der Waals surface area contributed by atoms with E-state index in [1.165, 1.54) is 26.4 Å². The quantitative estimate of drug-likeness (QED) is 0.673. The molecule has 8 heteroatoms. The van der Waals surface area contributed by atoms with Crippen LogP contribution >= 0.6 is 15.9 Å². The van der Waals surface area contributed by atoms with E-state index in [9.17, 15) is 14.7 Å². The summed E-state index contributed by atoms with van der Waals surface area (Å²) in [6.07, 6.45) is -1.43. The largest absolute Gasteiger partial charge is 0.495 e. The third-order valence-corrected chi connectivity index (χ3v) is 3.27. The first kappa shape index (κ1) is 16.3. The van der Waals surface area contributed by atoms with Crippen LogP contribution in [-0.2, 0) is 4.79 Å². The van der Waals surface area contributed by atoms with Crippen molar-refractivity contribution in [2.45, 2.75) is 6.10 Å². The molecule has 0 fully saturated rings. The number of carbonyl (C=O) groups is 2. The highest BCUT2D eigenvalue weighted by atomic mass is 79.9. The number of aliphatic hydroxyl groups is 1. The molecule has 1 aromatic rings. The van der Waals surface area contributed by atoms with Crippen LogP contribution < -0.4 is 20.5 Å². The first-order chi connectivity index (χ1) is 9.40. The lowest BCUT2D eigenvalue weighted by Crippen LogP contribution is -2.39. The zero-order valence-electron chi connectivity index (χ0n) is 11.0. The molecule has 0 bridgehead atoms. The number of rotatable bonds is 6. The molecule has 4 N–H and O–H groups in total. The minimum absolute atomic E-state index is 0.263. The Balaban J connectivity index is 2.90. The van der Waals surface area contributed by atoms with Gasteiger partial charge in [-0.15, -0.1) is 0 Å². The molecule has 110 valence electrons. The minimum atomic E-state index is -1.43. The fraction of sp³-hybridized carbons (Fsp3) is 0.333. The Morgan fingerprint density at radius 1 is 1.35 bits per heavy atom. The van der Waals surface area contributed by atoms with Gasteiger partial charge in [-0.3, -0.25) is 9.59 Å². The van der Waals surface area contributed by atoms with Gasteiger partial charge in [-0.1, -0.05) is 0 Å². The highest BCUT2D eigenvalue weighted by Crippen LogP contribution is 2.35. The number of nitrogens with one attached hydrogen (secondary N) is 1. The molecule has 0 aromatic heterocycles. The van der Waals surface area contributed by atoms with Gasteiger partial charge in [-0.05, 0) is 28.1 Å². The van der Waals surface area contributed by atoms with Crippen LogP contribution in [0.25, 0.3) is 0 Å². The molecule has 0 aliphatic carbocycles. The van der Waals surface area contributed by atoms with E-state index in [0.29, 0.717) is 16.0 Å². The van der Waals surface area contributed by atoms with Crippen molar-refractivity contribution in [3.8, 4) is 11.5 Å². The zero-order chi connectivity index (χ0) is 15.3. The first-order valence-electron chi connectivity index (χ1n) is 5.57. The molecule has 1 rings (SSSR count). The summed E-state index contributed by atoms with van der Waals surface area (Å²) < 4.78 is 10.8. The number of methoxy groups -OCH3 is 2. The third-order valence-electron chi connectivity index (χ3n) is 2.49. The predicted octanol–water partition coefficient (Wildman–Crippen LogP) is 0.0423. The van der Waals surface area contributed by atoms with Gasteiger partial charge in [0.15, 0.2) is 0 Å². The lowest BCUT2D eigenvalue weighted by molar-refractivity contribution is -0.125. The number of primary amides is 1. The monoisotopic (exact) mass is 346 g/mol. The summed E-state index contributed by atoms with van der Waals surface area (Å²) in [7, 11) is 2.91. The summed E-state index contributed by atoms with van der Waals surface area (Å²) in [5.74, 6) is -0.555. The van der Waals surface area contributed by atoms with E-state index in [2.05, 4.69) is 21.2 Å². The van der Waals surface area contributed by atoms with Crippen LogP contribution in [0.5, 0.6) is 11.5 Å². The molecular formula is C12H15BrN2O5. The van der Waals surface area contributed by atoms with E-state index in [0.717, 1.165) is 0 Å². The molecule has 2 amide bonds. The lowest BCUT2D eigenvalue weighted by atomic mass is 10.2. The van der Waals surface area contributed by atoms with Crippen molar-refractivity contribution >= 4 is 27.7 Å². The van der Waals surface area contributed by atoms with Gasteiger partial charge < -0.3 is 25.6 Å². The molecule has 20 heavy (non-hydrogen) atoms. The minimum Gasteiger partial charge on any atom is -0.495 e. The molecule has 7 nitrogen and oxygen atoms in total. The number of carbonyl (C=O) groups excluding carboxylic acids is 2. The number of hydrogen-bond donors (Lipinski definition) is 3. The third kappa shape index (κ3) is 3.84. The van der Waals surface area contributed by atoms with Crippen LogP contribution in [0.1, 0.15) is 10.4 Å². The van der Waals surface area contributed by atoms with E-state index in [-0.39, 0.29) is 12.1 Å². The van der Waals surface area contributed by atoms with Crippen LogP contribution in [0.4, 0.5) is 0 Å². The average Bonchev–Trinajstić information content (AvgIpc) is 2.44. The molecule has 0 saturated heterocycles. The van der Waals surface area contributed by atoms with Crippen LogP contribution in [0.15, 0.2) is 16.6 Å². The molecule has 0 heterocycles. The summed E-state index contributed by atoms with van der Waals surface area (Å²) in [4.78, 5) is 22.6. The Hall–Kier alpha value is -1.80. The molecular weight excluding hydrogens is 332 g/mol. The summed E-state index contributed by atoms with van der Waals surface area (Å²) in [6.45, 7) is -0.269. The Morgan fingerprint density at radius 3 is 2.25 bits per heavy atom. The van der Waals surface area contributed by atoms with Crippen molar-refractivity contribution in [1.82, 2.24) is 5.32 Å². The normalized spacial score (nSPS) is 11.6. The Morgan fingerprint density at radius 2 is 1.85 bits per heavy atom. The lowest BCUT2D eigenvalue weighted by Gasteiger charge is -2.12. The second kappa shape index (κ2) is 7.11.